The molecule has 0 atom stereocenters. The van der Waals surface area contributed by atoms with Gasteiger partial charge in [-0.2, -0.15) is 0 Å². The Hall–Kier alpha value is -1.63. The molecule has 1 amide bonds. The van der Waals surface area contributed by atoms with Crippen LogP contribution in [0.2, 0.25) is 0 Å². The fraction of sp³-hybridized carbons (Fsp3) is 0.667. The third-order valence-electron chi connectivity index (χ3n) is 3.86. The first kappa shape index (κ1) is 16.7. The van der Waals surface area contributed by atoms with Crippen LogP contribution in [0.5, 0.6) is 0 Å². The molecule has 7 heteroatoms. The zero-order valence-corrected chi connectivity index (χ0v) is 14.4. The Kier molecular flexibility index (Phi) is 6.18. The molecule has 122 valence electrons. The molecule has 0 aliphatic carbocycles. The summed E-state index contributed by atoms with van der Waals surface area (Å²) >= 11 is 1.73. The lowest BCUT2D eigenvalue weighted by atomic mass is 10.1. The number of likely N-dealkylation sites (tertiary alicyclic amines) is 1. The van der Waals surface area contributed by atoms with Gasteiger partial charge >= 0.3 is 0 Å². The number of guanidine groups is 1. The van der Waals surface area contributed by atoms with Crippen LogP contribution in [-0.4, -0.2) is 47.9 Å². The average molecular weight is 323 g/mol. The van der Waals surface area contributed by atoms with Gasteiger partial charge in [-0.3, -0.25) is 9.79 Å². The number of amides is 1. The maximum absolute atomic E-state index is 11.3. The molecule has 1 aromatic heterocycles. The smallest absolute Gasteiger partial charge is 0.219 e. The van der Waals surface area contributed by atoms with Crippen LogP contribution in [0, 0.1) is 0 Å². The molecule has 0 bridgehead atoms. The minimum absolute atomic E-state index is 0.163. The highest BCUT2D eigenvalue weighted by molar-refractivity contribution is 7.11. The van der Waals surface area contributed by atoms with Crippen molar-refractivity contribution in [2.24, 2.45) is 4.99 Å². The van der Waals surface area contributed by atoms with Gasteiger partial charge in [-0.05, 0) is 19.3 Å². The van der Waals surface area contributed by atoms with E-state index in [-0.39, 0.29) is 5.91 Å². The summed E-state index contributed by atoms with van der Waals surface area (Å²) in [4.78, 5) is 23.2. The number of thiazole rings is 1. The summed E-state index contributed by atoms with van der Waals surface area (Å²) in [7, 11) is 1.78. The number of carbonyl (C=O) groups excluding carboxylic acids is 1. The zero-order valence-electron chi connectivity index (χ0n) is 13.6. The van der Waals surface area contributed by atoms with Crippen molar-refractivity contribution in [1.29, 1.82) is 0 Å². The van der Waals surface area contributed by atoms with E-state index in [0.717, 1.165) is 43.3 Å². The number of aromatic nitrogens is 1. The second kappa shape index (κ2) is 8.12. The van der Waals surface area contributed by atoms with Crippen LogP contribution in [0.15, 0.2) is 11.2 Å². The molecule has 1 fully saturated rings. The average Bonchev–Trinajstić information content (AvgIpc) is 3.00. The lowest BCUT2D eigenvalue weighted by Crippen LogP contribution is -2.49. The van der Waals surface area contributed by atoms with Crippen LogP contribution in [0.3, 0.4) is 0 Å². The van der Waals surface area contributed by atoms with Crippen molar-refractivity contribution in [3.05, 3.63) is 16.1 Å². The second-order valence-corrected chi connectivity index (χ2v) is 6.62. The topological polar surface area (TPSA) is 69.6 Å². The minimum atomic E-state index is 0.163. The summed E-state index contributed by atoms with van der Waals surface area (Å²) in [5.74, 6) is 0.964. The van der Waals surface area contributed by atoms with Crippen LogP contribution in [0.25, 0.3) is 0 Å². The third kappa shape index (κ3) is 4.69. The standard InChI is InChI=1S/C15H25N5OS/c1-4-13-9-17-14(22-13)10-18-15(16-3)19-12-5-7-20(8-6-12)11(2)21/h9,12H,4-8,10H2,1-3H3,(H2,16,18,19). The van der Waals surface area contributed by atoms with Crippen LogP contribution in [0.4, 0.5) is 0 Å². The Labute approximate surface area is 136 Å². The number of aryl methyl sites for hydroxylation is 1. The molecule has 2 heterocycles. The van der Waals surface area contributed by atoms with Crippen molar-refractivity contribution in [2.45, 2.75) is 45.7 Å². The SMILES string of the molecule is CCc1cnc(CNC(=NC)NC2CCN(C(C)=O)CC2)s1. The molecule has 22 heavy (non-hydrogen) atoms. The summed E-state index contributed by atoms with van der Waals surface area (Å²) in [5, 5.41) is 7.82. The fourth-order valence-corrected chi connectivity index (χ4v) is 3.28. The molecule has 0 unspecified atom stereocenters. The Bertz CT molecular complexity index is 520. The van der Waals surface area contributed by atoms with E-state index < -0.39 is 0 Å². The Morgan fingerprint density at radius 1 is 1.50 bits per heavy atom. The van der Waals surface area contributed by atoms with Crippen molar-refractivity contribution in [3.63, 3.8) is 0 Å². The largest absolute Gasteiger partial charge is 0.354 e. The molecule has 0 spiro atoms. The molecular formula is C15H25N5OS. The number of nitrogens with one attached hydrogen (secondary N) is 2. The molecule has 2 rings (SSSR count). The van der Waals surface area contributed by atoms with Crippen molar-refractivity contribution < 1.29 is 4.79 Å². The molecular weight excluding hydrogens is 298 g/mol. The Morgan fingerprint density at radius 3 is 2.77 bits per heavy atom. The molecule has 0 saturated carbocycles. The van der Waals surface area contributed by atoms with Crippen molar-refractivity contribution in [3.8, 4) is 0 Å². The first-order chi connectivity index (χ1) is 10.6. The summed E-state index contributed by atoms with van der Waals surface area (Å²) in [6, 6.07) is 0.365. The molecule has 1 aliphatic heterocycles. The van der Waals surface area contributed by atoms with Crippen LogP contribution in [-0.2, 0) is 17.8 Å². The fourth-order valence-electron chi connectivity index (χ4n) is 2.48. The molecule has 6 nitrogen and oxygen atoms in total. The van der Waals surface area contributed by atoms with Gasteiger partial charge in [0.25, 0.3) is 0 Å². The number of hydrogen-bond acceptors (Lipinski definition) is 4. The van der Waals surface area contributed by atoms with E-state index in [1.54, 1.807) is 25.3 Å². The normalized spacial score (nSPS) is 16.7. The van der Waals surface area contributed by atoms with Crippen molar-refractivity contribution in [1.82, 2.24) is 20.5 Å². The van der Waals surface area contributed by atoms with Crippen LogP contribution >= 0.6 is 11.3 Å². The first-order valence-corrected chi connectivity index (χ1v) is 8.60. The highest BCUT2D eigenvalue weighted by Crippen LogP contribution is 2.13. The van der Waals surface area contributed by atoms with Crippen LogP contribution in [0.1, 0.15) is 36.6 Å². The minimum Gasteiger partial charge on any atom is -0.354 e. The summed E-state index contributed by atoms with van der Waals surface area (Å²) in [6.45, 7) is 6.09. The van der Waals surface area contributed by atoms with E-state index >= 15 is 0 Å². The molecule has 1 aromatic rings. The van der Waals surface area contributed by atoms with Gasteiger partial charge < -0.3 is 15.5 Å². The van der Waals surface area contributed by atoms with E-state index in [9.17, 15) is 4.79 Å². The number of nitrogens with zero attached hydrogens (tertiary/aromatic N) is 3. The van der Waals surface area contributed by atoms with Gasteiger partial charge in [0, 0.05) is 44.2 Å². The van der Waals surface area contributed by atoms with Gasteiger partial charge in [0.1, 0.15) is 5.01 Å². The van der Waals surface area contributed by atoms with Crippen LogP contribution < -0.4 is 10.6 Å². The molecule has 1 saturated heterocycles. The first-order valence-electron chi connectivity index (χ1n) is 7.78. The summed E-state index contributed by atoms with van der Waals surface area (Å²) in [5.41, 5.74) is 0. The van der Waals surface area contributed by atoms with Gasteiger partial charge in [0.15, 0.2) is 5.96 Å². The second-order valence-electron chi connectivity index (χ2n) is 5.42. The van der Waals surface area contributed by atoms with Gasteiger partial charge in [-0.25, -0.2) is 4.98 Å². The van der Waals surface area contributed by atoms with E-state index in [4.69, 9.17) is 0 Å². The Morgan fingerprint density at radius 2 is 2.23 bits per heavy atom. The molecule has 2 N–H and O–H groups in total. The van der Waals surface area contributed by atoms with Gasteiger partial charge in [-0.1, -0.05) is 6.92 Å². The third-order valence-corrected chi connectivity index (χ3v) is 5.00. The van der Waals surface area contributed by atoms with Gasteiger partial charge in [0.2, 0.25) is 5.91 Å². The van der Waals surface area contributed by atoms with Crippen molar-refractivity contribution >= 4 is 23.2 Å². The highest BCUT2D eigenvalue weighted by atomic mass is 32.1. The number of rotatable bonds is 4. The number of carbonyl (C=O) groups is 1. The van der Waals surface area contributed by atoms with E-state index in [1.807, 2.05) is 11.1 Å². The highest BCUT2D eigenvalue weighted by Gasteiger charge is 2.21. The lowest BCUT2D eigenvalue weighted by Gasteiger charge is -2.32. The zero-order chi connectivity index (χ0) is 15.9. The van der Waals surface area contributed by atoms with E-state index in [2.05, 4.69) is 27.5 Å². The summed E-state index contributed by atoms with van der Waals surface area (Å²) in [6.07, 6.45) is 4.88. The lowest BCUT2D eigenvalue weighted by molar-refractivity contribution is -0.129. The molecule has 1 aliphatic rings. The predicted octanol–water partition coefficient (Wildman–Crippen LogP) is 1.38. The van der Waals surface area contributed by atoms with E-state index in [0.29, 0.717) is 12.6 Å². The Balaban J connectivity index is 1.77. The maximum atomic E-state index is 11.3. The molecule has 0 radical (unpaired) electrons. The van der Waals surface area contributed by atoms with Crippen molar-refractivity contribution in [2.75, 3.05) is 20.1 Å². The monoisotopic (exact) mass is 323 g/mol. The molecule has 0 aromatic carbocycles. The van der Waals surface area contributed by atoms with Gasteiger partial charge in [0.05, 0.1) is 6.54 Å². The predicted molar refractivity (Wildman–Crippen MR) is 90.1 cm³/mol. The van der Waals surface area contributed by atoms with E-state index in [1.165, 1.54) is 4.88 Å². The number of aliphatic imine (C=N–C) groups is 1. The summed E-state index contributed by atoms with van der Waals surface area (Å²) < 4.78 is 0. The number of hydrogen-bond donors (Lipinski definition) is 2. The number of piperidine rings is 1. The van der Waals surface area contributed by atoms with Gasteiger partial charge in [-0.15, -0.1) is 11.3 Å². The maximum Gasteiger partial charge on any atom is 0.219 e. The quantitative estimate of drug-likeness (QED) is 0.649.